The SMILES string of the molecule is CCCCN(CCCC)c1ccc(N)cc1.Cl.Cl. The Kier molecular flexibility index (Phi) is 12.6. The highest BCUT2D eigenvalue weighted by molar-refractivity contribution is 5.85. The molecular weight excluding hydrogens is 267 g/mol. The second-order valence-corrected chi connectivity index (χ2v) is 4.29. The van der Waals surface area contributed by atoms with Crippen molar-refractivity contribution in [3.8, 4) is 0 Å². The third kappa shape index (κ3) is 6.97. The molecule has 106 valence electrons. The summed E-state index contributed by atoms with van der Waals surface area (Å²) in [5.41, 5.74) is 7.85. The zero-order valence-electron chi connectivity index (χ0n) is 11.4. The van der Waals surface area contributed by atoms with Gasteiger partial charge < -0.3 is 10.6 Å². The summed E-state index contributed by atoms with van der Waals surface area (Å²) in [5, 5.41) is 0. The van der Waals surface area contributed by atoms with Crippen molar-refractivity contribution in [3.05, 3.63) is 24.3 Å². The maximum Gasteiger partial charge on any atom is 0.0367 e. The Bertz CT molecular complexity index is 280. The van der Waals surface area contributed by atoms with Gasteiger partial charge in [-0.2, -0.15) is 0 Å². The summed E-state index contributed by atoms with van der Waals surface area (Å²) in [5.74, 6) is 0. The van der Waals surface area contributed by atoms with Crippen LogP contribution in [-0.2, 0) is 0 Å². The van der Waals surface area contributed by atoms with E-state index < -0.39 is 0 Å². The lowest BCUT2D eigenvalue weighted by Gasteiger charge is -2.24. The van der Waals surface area contributed by atoms with Gasteiger partial charge in [-0.05, 0) is 37.1 Å². The molecule has 1 aromatic carbocycles. The Morgan fingerprint density at radius 3 is 1.72 bits per heavy atom. The molecule has 0 amide bonds. The van der Waals surface area contributed by atoms with Crippen LogP contribution >= 0.6 is 24.8 Å². The van der Waals surface area contributed by atoms with Crippen molar-refractivity contribution in [1.82, 2.24) is 0 Å². The van der Waals surface area contributed by atoms with E-state index in [0.29, 0.717) is 0 Å². The molecule has 1 aromatic rings. The largest absolute Gasteiger partial charge is 0.399 e. The Labute approximate surface area is 124 Å². The van der Waals surface area contributed by atoms with E-state index in [0.717, 1.165) is 18.8 Å². The van der Waals surface area contributed by atoms with Crippen molar-refractivity contribution in [3.63, 3.8) is 0 Å². The number of nitrogens with zero attached hydrogens (tertiary/aromatic N) is 1. The highest BCUT2D eigenvalue weighted by Crippen LogP contribution is 2.17. The lowest BCUT2D eigenvalue weighted by atomic mass is 10.2. The van der Waals surface area contributed by atoms with E-state index in [-0.39, 0.29) is 24.8 Å². The van der Waals surface area contributed by atoms with Gasteiger partial charge >= 0.3 is 0 Å². The van der Waals surface area contributed by atoms with Gasteiger partial charge in [0.25, 0.3) is 0 Å². The zero-order chi connectivity index (χ0) is 11.8. The average molecular weight is 293 g/mol. The minimum absolute atomic E-state index is 0. The fourth-order valence-corrected chi connectivity index (χ4v) is 1.75. The van der Waals surface area contributed by atoms with Crippen molar-refractivity contribution < 1.29 is 0 Å². The summed E-state index contributed by atoms with van der Waals surface area (Å²) in [4.78, 5) is 2.46. The topological polar surface area (TPSA) is 29.3 Å². The average Bonchev–Trinajstić information content (AvgIpc) is 2.31. The van der Waals surface area contributed by atoms with Gasteiger partial charge in [-0.25, -0.2) is 0 Å². The predicted octanol–water partition coefficient (Wildman–Crippen LogP) is 4.52. The molecule has 1 rings (SSSR count). The summed E-state index contributed by atoms with van der Waals surface area (Å²) in [7, 11) is 0. The molecule has 0 saturated heterocycles. The van der Waals surface area contributed by atoms with Gasteiger partial charge in [0.1, 0.15) is 0 Å². The van der Waals surface area contributed by atoms with E-state index in [4.69, 9.17) is 5.73 Å². The maximum atomic E-state index is 5.71. The van der Waals surface area contributed by atoms with Crippen LogP contribution in [0.3, 0.4) is 0 Å². The number of nitrogens with two attached hydrogens (primary N) is 1. The first-order chi connectivity index (χ1) is 7.77. The number of unbranched alkanes of at least 4 members (excludes halogenated alkanes) is 2. The molecule has 0 saturated carbocycles. The first-order valence-electron chi connectivity index (χ1n) is 6.38. The predicted molar refractivity (Wildman–Crippen MR) is 87.4 cm³/mol. The molecule has 0 aliphatic rings. The molecule has 2 nitrogen and oxygen atoms in total. The normalized spacial score (nSPS) is 9.22. The van der Waals surface area contributed by atoms with Crippen molar-refractivity contribution in [2.45, 2.75) is 39.5 Å². The molecule has 0 heterocycles. The maximum absolute atomic E-state index is 5.71. The van der Waals surface area contributed by atoms with Crippen molar-refractivity contribution in [1.29, 1.82) is 0 Å². The van der Waals surface area contributed by atoms with E-state index in [1.54, 1.807) is 0 Å². The van der Waals surface area contributed by atoms with Gasteiger partial charge in [-0.15, -0.1) is 24.8 Å². The first kappa shape index (κ1) is 19.7. The van der Waals surface area contributed by atoms with E-state index in [2.05, 4.69) is 30.9 Å². The summed E-state index contributed by atoms with van der Waals surface area (Å²) >= 11 is 0. The summed E-state index contributed by atoms with van der Waals surface area (Å²) < 4.78 is 0. The fraction of sp³-hybridized carbons (Fsp3) is 0.571. The number of rotatable bonds is 7. The summed E-state index contributed by atoms with van der Waals surface area (Å²) in [6.45, 7) is 6.78. The molecular formula is C14H26Cl2N2. The fourth-order valence-electron chi connectivity index (χ4n) is 1.75. The van der Waals surface area contributed by atoms with Crippen LogP contribution in [-0.4, -0.2) is 13.1 Å². The van der Waals surface area contributed by atoms with Gasteiger partial charge in [-0.1, -0.05) is 26.7 Å². The number of hydrogen-bond donors (Lipinski definition) is 1. The Balaban J connectivity index is 0. The van der Waals surface area contributed by atoms with Crippen LogP contribution in [0.1, 0.15) is 39.5 Å². The zero-order valence-corrected chi connectivity index (χ0v) is 13.0. The summed E-state index contributed by atoms with van der Waals surface area (Å²) in [6, 6.07) is 8.22. The van der Waals surface area contributed by atoms with Gasteiger partial charge in [0.05, 0.1) is 0 Å². The van der Waals surface area contributed by atoms with E-state index in [1.807, 2.05) is 12.1 Å². The highest BCUT2D eigenvalue weighted by atomic mass is 35.5. The molecule has 0 aromatic heterocycles. The minimum Gasteiger partial charge on any atom is -0.399 e. The molecule has 0 atom stereocenters. The van der Waals surface area contributed by atoms with Crippen LogP contribution in [0.5, 0.6) is 0 Å². The molecule has 0 aliphatic carbocycles. The molecule has 18 heavy (non-hydrogen) atoms. The smallest absolute Gasteiger partial charge is 0.0367 e. The highest BCUT2D eigenvalue weighted by Gasteiger charge is 2.04. The lowest BCUT2D eigenvalue weighted by Crippen LogP contribution is -2.25. The minimum atomic E-state index is 0. The first-order valence-corrected chi connectivity index (χ1v) is 6.38. The molecule has 0 aliphatic heterocycles. The number of anilines is 2. The van der Waals surface area contributed by atoms with Gasteiger partial charge in [0.15, 0.2) is 0 Å². The van der Waals surface area contributed by atoms with Gasteiger partial charge in [-0.3, -0.25) is 0 Å². The Hall–Kier alpha value is -0.600. The number of hydrogen-bond acceptors (Lipinski definition) is 2. The standard InChI is InChI=1S/C14H24N2.2ClH/c1-3-5-11-16(12-6-4-2)14-9-7-13(15)8-10-14;;/h7-10H,3-6,11-12,15H2,1-2H3;2*1H. The number of nitrogen functional groups attached to an aromatic ring is 1. The molecule has 0 unspecified atom stereocenters. The van der Waals surface area contributed by atoms with Crippen LogP contribution in [0, 0.1) is 0 Å². The second kappa shape index (κ2) is 11.5. The monoisotopic (exact) mass is 292 g/mol. The van der Waals surface area contributed by atoms with Crippen molar-refractivity contribution >= 4 is 36.2 Å². The third-order valence-electron chi connectivity index (χ3n) is 2.82. The van der Waals surface area contributed by atoms with E-state index >= 15 is 0 Å². The molecule has 0 radical (unpaired) electrons. The van der Waals surface area contributed by atoms with Crippen LogP contribution in [0.15, 0.2) is 24.3 Å². The van der Waals surface area contributed by atoms with Crippen LogP contribution in [0.25, 0.3) is 0 Å². The van der Waals surface area contributed by atoms with Gasteiger partial charge in [0.2, 0.25) is 0 Å². The van der Waals surface area contributed by atoms with Crippen LogP contribution < -0.4 is 10.6 Å². The van der Waals surface area contributed by atoms with Crippen LogP contribution in [0.2, 0.25) is 0 Å². The lowest BCUT2D eigenvalue weighted by molar-refractivity contribution is 0.678. The molecule has 4 heteroatoms. The van der Waals surface area contributed by atoms with E-state index in [9.17, 15) is 0 Å². The Morgan fingerprint density at radius 2 is 1.33 bits per heavy atom. The van der Waals surface area contributed by atoms with E-state index in [1.165, 1.54) is 31.4 Å². The molecule has 0 spiro atoms. The third-order valence-corrected chi connectivity index (χ3v) is 2.82. The van der Waals surface area contributed by atoms with Crippen molar-refractivity contribution in [2.75, 3.05) is 23.7 Å². The molecule has 0 bridgehead atoms. The van der Waals surface area contributed by atoms with Crippen LogP contribution in [0.4, 0.5) is 11.4 Å². The quantitative estimate of drug-likeness (QED) is 0.749. The summed E-state index contributed by atoms with van der Waals surface area (Å²) in [6.07, 6.45) is 5.01. The number of halogens is 2. The number of benzene rings is 1. The molecule has 0 fully saturated rings. The van der Waals surface area contributed by atoms with Gasteiger partial charge in [0, 0.05) is 24.5 Å². The second-order valence-electron chi connectivity index (χ2n) is 4.29. The molecule has 2 N–H and O–H groups in total. The van der Waals surface area contributed by atoms with Crippen molar-refractivity contribution in [2.24, 2.45) is 0 Å². The Morgan fingerprint density at radius 1 is 0.889 bits per heavy atom.